The molecule has 0 unspecified atom stereocenters. The van der Waals surface area contributed by atoms with Crippen LogP contribution in [-0.4, -0.2) is 30.7 Å². The van der Waals surface area contributed by atoms with Crippen molar-refractivity contribution >= 4 is 17.2 Å². The van der Waals surface area contributed by atoms with E-state index < -0.39 is 0 Å². The number of aryl methyl sites for hydroxylation is 2. The Morgan fingerprint density at radius 1 is 1.30 bits per heavy atom. The first-order chi connectivity index (χ1) is 11.1. The molecule has 0 aliphatic carbocycles. The number of benzene rings is 1. The summed E-state index contributed by atoms with van der Waals surface area (Å²) in [6.07, 6.45) is 4.23. The fourth-order valence-corrected chi connectivity index (χ4v) is 2.66. The molecule has 0 saturated heterocycles. The van der Waals surface area contributed by atoms with Gasteiger partial charge in [0.25, 0.3) is 0 Å². The summed E-state index contributed by atoms with van der Waals surface area (Å²) in [6.45, 7) is 2.39. The summed E-state index contributed by atoms with van der Waals surface area (Å²) >= 11 is 0. The zero-order chi connectivity index (χ0) is 16.4. The number of hydrogen-bond donors (Lipinski definition) is 1. The summed E-state index contributed by atoms with van der Waals surface area (Å²) in [6, 6.07) is 8.21. The second-order valence-electron chi connectivity index (χ2n) is 5.50. The van der Waals surface area contributed by atoms with Crippen molar-refractivity contribution in [3.63, 3.8) is 0 Å². The van der Waals surface area contributed by atoms with Crippen LogP contribution < -0.4 is 5.84 Å². The summed E-state index contributed by atoms with van der Waals surface area (Å²) in [5.41, 5.74) is 4.29. The van der Waals surface area contributed by atoms with Crippen LogP contribution in [0.4, 0.5) is 0 Å². The molecule has 3 rings (SSSR count). The highest BCUT2D eigenvalue weighted by molar-refractivity contribution is 5.77. The quantitative estimate of drug-likeness (QED) is 0.441. The van der Waals surface area contributed by atoms with Gasteiger partial charge in [-0.1, -0.05) is 6.07 Å². The van der Waals surface area contributed by atoms with Crippen molar-refractivity contribution in [3.05, 3.63) is 47.5 Å². The van der Waals surface area contributed by atoms with E-state index in [9.17, 15) is 0 Å². The van der Waals surface area contributed by atoms with Gasteiger partial charge in [-0.2, -0.15) is 10.2 Å². The van der Waals surface area contributed by atoms with Gasteiger partial charge in [-0.05, 0) is 30.7 Å². The van der Waals surface area contributed by atoms with Crippen LogP contribution in [0.1, 0.15) is 24.0 Å². The van der Waals surface area contributed by atoms with Crippen LogP contribution in [0.15, 0.2) is 35.6 Å². The molecule has 0 saturated carbocycles. The van der Waals surface area contributed by atoms with Gasteiger partial charge in [-0.3, -0.25) is 4.68 Å². The first-order valence-corrected chi connectivity index (χ1v) is 7.50. The summed E-state index contributed by atoms with van der Waals surface area (Å²) in [5.74, 6) is 6.81. The van der Waals surface area contributed by atoms with E-state index in [0.29, 0.717) is 6.54 Å². The molecule has 120 valence electrons. The minimum Gasteiger partial charge on any atom is -0.331 e. The monoisotopic (exact) mass is 311 g/mol. The van der Waals surface area contributed by atoms with Gasteiger partial charge >= 0.3 is 0 Å². The maximum atomic E-state index is 5.80. The van der Waals surface area contributed by atoms with Crippen LogP contribution in [-0.2, 0) is 27.1 Å². The average molecular weight is 311 g/mol. The lowest BCUT2D eigenvalue weighted by atomic mass is 10.2. The first kappa shape index (κ1) is 15.2. The van der Waals surface area contributed by atoms with Gasteiger partial charge in [0.1, 0.15) is 5.82 Å². The molecule has 1 aromatic carbocycles. The van der Waals surface area contributed by atoms with Gasteiger partial charge in [-0.25, -0.2) is 15.9 Å². The van der Waals surface area contributed by atoms with Crippen molar-refractivity contribution in [2.75, 3.05) is 0 Å². The Morgan fingerprint density at radius 3 is 2.83 bits per heavy atom. The molecule has 2 aromatic heterocycles. The highest BCUT2D eigenvalue weighted by Gasteiger charge is 2.11. The normalized spacial score (nSPS) is 11.7. The van der Waals surface area contributed by atoms with Crippen LogP contribution in [0.2, 0.25) is 0 Å². The number of nitrogens with two attached hydrogens (primary N) is 1. The van der Waals surface area contributed by atoms with Crippen LogP contribution in [0.25, 0.3) is 11.0 Å². The number of imidazole rings is 1. The SMILES string of the molecule is C/C=N\N(N)Cc1ccc2c(c1)nc(Cc1ccnn1C)n2C. The van der Waals surface area contributed by atoms with E-state index >= 15 is 0 Å². The third-order valence-electron chi connectivity index (χ3n) is 3.91. The Kier molecular flexibility index (Phi) is 4.12. The van der Waals surface area contributed by atoms with Crippen LogP contribution in [0.5, 0.6) is 0 Å². The largest absolute Gasteiger partial charge is 0.331 e. The summed E-state index contributed by atoms with van der Waals surface area (Å²) < 4.78 is 4.00. The minimum absolute atomic E-state index is 0.550. The van der Waals surface area contributed by atoms with Crippen LogP contribution in [0, 0.1) is 0 Å². The fourth-order valence-electron chi connectivity index (χ4n) is 2.66. The van der Waals surface area contributed by atoms with Crippen molar-refractivity contribution in [2.24, 2.45) is 25.0 Å². The third-order valence-corrected chi connectivity index (χ3v) is 3.91. The lowest BCUT2D eigenvalue weighted by Crippen LogP contribution is -2.24. The zero-order valence-corrected chi connectivity index (χ0v) is 13.6. The molecule has 0 atom stereocenters. The number of hydrazine groups is 1. The van der Waals surface area contributed by atoms with Gasteiger partial charge in [0.15, 0.2) is 0 Å². The summed E-state index contributed by atoms with van der Waals surface area (Å²) in [5, 5.41) is 9.66. The molecule has 0 amide bonds. The molecule has 7 nitrogen and oxygen atoms in total. The zero-order valence-electron chi connectivity index (χ0n) is 13.6. The molecule has 0 spiro atoms. The van der Waals surface area contributed by atoms with E-state index in [1.807, 2.05) is 31.8 Å². The van der Waals surface area contributed by atoms with Gasteiger partial charge in [-0.15, -0.1) is 0 Å². The Labute approximate surface area is 135 Å². The van der Waals surface area contributed by atoms with Crippen LogP contribution in [0.3, 0.4) is 0 Å². The Morgan fingerprint density at radius 2 is 2.13 bits per heavy atom. The van der Waals surface area contributed by atoms with Crippen molar-refractivity contribution in [1.29, 1.82) is 0 Å². The molecule has 0 radical (unpaired) electrons. The standard InChI is InChI=1S/C16H21N7/c1-4-18-23(17)11-12-5-6-15-14(9-12)20-16(21(15)2)10-13-7-8-19-22(13)3/h4-9H,10-11,17H2,1-3H3/b18-4-. The van der Waals surface area contributed by atoms with Crippen molar-refractivity contribution < 1.29 is 0 Å². The smallest absolute Gasteiger partial charge is 0.115 e. The molecule has 2 heterocycles. The van der Waals surface area contributed by atoms with E-state index in [0.717, 1.165) is 34.5 Å². The first-order valence-electron chi connectivity index (χ1n) is 7.50. The van der Waals surface area contributed by atoms with E-state index in [2.05, 4.69) is 33.0 Å². The molecule has 23 heavy (non-hydrogen) atoms. The predicted molar refractivity (Wildman–Crippen MR) is 90.6 cm³/mol. The van der Waals surface area contributed by atoms with Crippen molar-refractivity contribution in [3.8, 4) is 0 Å². The number of nitrogens with zero attached hydrogens (tertiary/aromatic N) is 6. The molecule has 2 N–H and O–H groups in total. The second-order valence-corrected chi connectivity index (χ2v) is 5.50. The molecular formula is C16H21N7. The maximum Gasteiger partial charge on any atom is 0.115 e. The fraction of sp³-hybridized carbons (Fsp3) is 0.312. The number of aromatic nitrogens is 4. The van der Waals surface area contributed by atoms with Gasteiger partial charge in [0.05, 0.1) is 17.6 Å². The van der Waals surface area contributed by atoms with E-state index in [1.165, 1.54) is 5.12 Å². The Balaban J connectivity index is 1.90. The number of hydrogen-bond acceptors (Lipinski definition) is 5. The van der Waals surface area contributed by atoms with Gasteiger partial charge in [0, 0.05) is 38.6 Å². The van der Waals surface area contributed by atoms with Gasteiger partial charge < -0.3 is 4.57 Å². The maximum absolute atomic E-state index is 5.80. The molecule has 7 heteroatoms. The van der Waals surface area contributed by atoms with E-state index in [-0.39, 0.29) is 0 Å². The Hall–Kier alpha value is -2.67. The lowest BCUT2D eigenvalue weighted by Gasteiger charge is -2.11. The number of hydrazone groups is 1. The van der Waals surface area contributed by atoms with Crippen LogP contribution >= 0.6 is 0 Å². The molecule has 3 aromatic rings. The molecule has 0 aliphatic rings. The number of fused-ring (bicyclic) bond motifs is 1. The van der Waals surface area contributed by atoms with Gasteiger partial charge in [0.2, 0.25) is 0 Å². The predicted octanol–water partition coefficient (Wildman–Crippen LogP) is 1.58. The highest BCUT2D eigenvalue weighted by Crippen LogP contribution is 2.19. The summed E-state index contributed by atoms with van der Waals surface area (Å²) in [4.78, 5) is 4.77. The van der Waals surface area contributed by atoms with Crippen molar-refractivity contribution in [2.45, 2.75) is 19.9 Å². The molecule has 0 bridgehead atoms. The third kappa shape index (κ3) is 3.09. The summed E-state index contributed by atoms with van der Waals surface area (Å²) in [7, 11) is 3.98. The van der Waals surface area contributed by atoms with E-state index in [4.69, 9.17) is 10.8 Å². The van der Waals surface area contributed by atoms with E-state index in [1.54, 1.807) is 12.4 Å². The average Bonchev–Trinajstić information content (AvgIpc) is 3.04. The number of rotatable bonds is 5. The topological polar surface area (TPSA) is 77.3 Å². The Bertz CT molecular complexity index is 843. The highest BCUT2D eigenvalue weighted by atomic mass is 15.6. The molecule has 0 aliphatic heterocycles. The van der Waals surface area contributed by atoms with Crippen molar-refractivity contribution in [1.82, 2.24) is 24.4 Å². The lowest BCUT2D eigenvalue weighted by molar-refractivity contribution is 0.292. The second kappa shape index (κ2) is 6.21. The molecule has 0 fully saturated rings. The minimum atomic E-state index is 0.550. The molecular weight excluding hydrogens is 290 g/mol.